The van der Waals surface area contributed by atoms with Crippen molar-refractivity contribution in [1.82, 2.24) is 10.3 Å². The minimum atomic E-state index is -0.211. The minimum Gasteiger partial charge on any atom is -0.357 e. The molecular weight excluding hydrogens is 316 g/mol. The van der Waals surface area contributed by atoms with E-state index in [2.05, 4.69) is 20.5 Å². The zero-order chi connectivity index (χ0) is 17.5. The minimum absolute atomic E-state index is 0.00780. The molecular formula is C19H28N4O2. The summed E-state index contributed by atoms with van der Waals surface area (Å²) < 4.78 is 0. The molecule has 1 aromatic rings. The molecule has 6 heteroatoms. The van der Waals surface area contributed by atoms with E-state index in [1.165, 1.54) is 25.7 Å². The number of nitrogens with one attached hydrogen (secondary N) is 2. The van der Waals surface area contributed by atoms with Crippen molar-refractivity contribution >= 4 is 23.3 Å². The molecule has 25 heavy (non-hydrogen) atoms. The number of nitrogens with zero attached hydrogens (tertiary/aromatic N) is 2. The van der Waals surface area contributed by atoms with Gasteiger partial charge in [0.2, 0.25) is 11.8 Å². The van der Waals surface area contributed by atoms with E-state index in [0.29, 0.717) is 5.69 Å². The molecule has 2 heterocycles. The third kappa shape index (κ3) is 5.18. The van der Waals surface area contributed by atoms with Crippen molar-refractivity contribution in [3.63, 3.8) is 0 Å². The standard InChI is InChI=1S/C19H28N4O2/c24-18(14-21-19(25)15-7-3-1-4-8-15)22-16-9-10-17(20-13-16)23-11-5-2-6-12-23/h9-10,13,15H,1-8,11-12,14H2,(H,21,25)(H,22,24). The Morgan fingerprint density at radius 2 is 1.76 bits per heavy atom. The first kappa shape index (κ1) is 17.7. The van der Waals surface area contributed by atoms with Crippen molar-refractivity contribution in [3.05, 3.63) is 18.3 Å². The SMILES string of the molecule is O=C(CNC(=O)C1CCCCC1)Nc1ccc(N2CCCCC2)nc1. The summed E-state index contributed by atoms with van der Waals surface area (Å²) in [5.74, 6) is 0.834. The molecule has 0 bridgehead atoms. The molecule has 1 aliphatic heterocycles. The highest BCUT2D eigenvalue weighted by molar-refractivity contribution is 5.94. The number of hydrogen-bond donors (Lipinski definition) is 2. The first-order valence-corrected chi connectivity index (χ1v) is 9.51. The molecule has 6 nitrogen and oxygen atoms in total. The van der Waals surface area contributed by atoms with Gasteiger partial charge >= 0.3 is 0 Å². The molecule has 2 amide bonds. The lowest BCUT2D eigenvalue weighted by molar-refractivity contribution is -0.128. The Morgan fingerprint density at radius 1 is 1.04 bits per heavy atom. The first-order chi connectivity index (χ1) is 12.2. The zero-order valence-corrected chi connectivity index (χ0v) is 14.8. The van der Waals surface area contributed by atoms with Crippen LogP contribution in [-0.2, 0) is 9.59 Å². The average Bonchev–Trinajstić information content (AvgIpc) is 2.68. The lowest BCUT2D eigenvalue weighted by Gasteiger charge is -2.27. The third-order valence-electron chi connectivity index (χ3n) is 5.11. The van der Waals surface area contributed by atoms with Crippen LogP contribution in [0, 0.1) is 5.92 Å². The molecule has 1 saturated heterocycles. The van der Waals surface area contributed by atoms with Crippen molar-refractivity contribution in [3.8, 4) is 0 Å². The van der Waals surface area contributed by atoms with E-state index in [4.69, 9.17) is 0 Å². The van der Waals surface area contributed by atoms with Gasteiger partial charge in [0.25, 0.3) is 0 Å². The van der Waals surface area contributed by atoms with Crippen LogP contribution in [0.1, 0.15) is 51.4 Å². The highest BCUT2D eigenvalue weighted by Crippen LogP contribution is 2.23. The van der Waals surface area contributed by atoms with E-state index in [9.17, 15) is 9.59 Å². The number of piperidine rings is 1. The van der Waals surface area contributed by atoms with Gasteiger partial charge in [-0.3, -0.25) is 9.59 Å². The zero-order valence-electron chi connectivity index (χ0n) is 14.8. The van der Waals surface area contributed by atoms with Gasteiger partial charge in [0.1, 0.15) is 5.82 Å². The Bertz CT molecular complexity index is 576. The maximum absolute atomic E-state index is 12.1. The van der Waals surface area contributed by atoms with Crippen LogP contribution in [0.2, 0.25) is 0 Å². The second-order valence-electron chi connectivity index (χ2n) is 7.05. The van der Waals surface area contributed by atoms with Crippen LogP contribution in [0.4, 0.5) is 11.5 Å². The first-order valence-electron chi connectivity index (χ1n) is 9.51. The fraction of sp³-hybridized carbons (Fsp3) is 0.632. The van der Waals surface area contributed by atoms with Gasteiger partial charge in [0, 0.05) is 19.0 Å². The maximum atomic E-state index is 12.1. The summed E-state index contributed by atoms with van der Waals surface area (Å²) in [6.07, 6.45) is 10.7. The van der Waals surface area contributed by atoms with Gasteiger partial charge in [-0.05, 0) is 44.2 Å². The summed E-state index contributed by atoms with van der Waals surface area (Å²) in [7, 11) is 0. The van der Waals surface area contributed by atoms with Gasteiger partial charge in [0.05, 0.1) is 18.4 Å². The molecule has 2 fully saturated rings. The Balaban J connectivity index is 1.43. The Kier molecular flexibility index (Phi) is 6.25. The van der Waals surface area contributed by atoms with E-state index in [1.54, 1.807) is 6.20 Å². The summed E-state index contributed by atoms with van der Waals surface area (Å²) in [6.45, 7) is 2.11. The summed E-state index contributed by atoms with van der Waals surface area (Å²) in [6, 6.07) is 3.82. The predicted octanol–water partition coefficient (Wildman–Crippen LogP) is 2.71. The summed E-state index contributed by atoms with van der Waals surface area (Å²) in [5.41, 5.74) is 0.665. The van der Waals surface area contributed by atoms with Gasteiger partial charge in [-0.25, -0.2) is 4.98 Å². The van der Waals surface area contributed by atoms with E-state index >= 15 is 0 Å². The molecule has 0 radical (unpaired) electrons. The fourth-order valence-corrected chi connectivity index (χ4v) is 3.65. The molecule has 0 atom stereocenters. The van der Waals surface area contributed by atoms with Crippen molar-refractivity contribution in [1.29, 1.82) is 0 Å². The van der Waals surface area contributed by atoms with E-state index in [1.807, 2.05) is 12.1 Å². The topological polar surface area (TPSA) is 74.3 Å². The third-order valence-corrected chi connectivity index (χ3v) is 5.11. The van der Waals surface area contributed by atoms with Gasteiger partial charge in [-0.15, -0.1) is 0 Å². The second kappa shape index (κ2) is 8.83. The van der Waals surface area contributed by atoms with Crippen molar-refractivity contribution < 1.29 is 9.59 Å². The van der Waals surface area contributed by atoms with Crippen molar-refractivity contribution in [2.75, 3.05) is 29.9 Å². The fourth-order valence-electron chi connectivity index (χ4n) is 3.65. The molecule has 2 aliphatic rings. The van der Waals surface area contributed by atoms with Gasteiger partial charge in [-0.2, -0.15) is 0 Å². The van der Waals surface area contributed by atoms with Gasteiger partial charge in [0.15, 0.2) is 0 Å². The molecule has 0 aromatic carbocycles. The lowest BCUT2D eigenvalue weighted by Crippen LogP contribution is -2.37. The number of pyridine rings is 1. The Hall–Kier alpha value is -2.11. The molecule has 1 aromatic heterocycles. The predicted molar refractivity (Wildman–Crippen MR) is 98.5 cm³/mol. The molecule has 0 unspecified atom stereocenters. The smallest absolute Gasteiger partial charge is 0.243 e. The van der Waals surface area contributed by atoms with Gasteiger partial charge < -0.3 is 15.5 Å². The van der Waals surface area contributed by atoms with Crippen LogP contribution in [0.25, 0.3) is 0 Å². The number of aromatic nitrogens is 1. The number of hydrogen-bond acceptors (Lipinski definition) is 4. The van der Waals surface area contributed by atoms with E-state index in [-0.39, 0.29) is 24.3 Å². The van der Waals surface area contributed by atoms with Crippen LogP contribution < -0.4 is 15.5 Å². The summed E-state index contributed by atoms with van der Waals surface area (Å²) in [4.78, 5) is 30.8. The number of rotatable bonds is 5. The van der Waals surface area contributed by atoms with Crippen LogP contribution in [0.3, 0.4) is 0 Å². The number of amides is 2. The lowest BCUT2D eigenvalue weighted by atomic mass is 9.89. The summed E-state index contributed by atoms with van der Waals surface area (Å²) in [5, 5.41) is 5.55. The maximum Gasteiger partial charge on any atom is 0.243 e. The quantitative estimate of drug-likeness (QED) is 0.861. The van der Waals surface area contributed by atoms with E-state index in [0.717, 1.165) is 44.6 Å². The summed E-state index contributed by atoms with van der Waals surface area (Å²) >= 11 is 0. The van der Waals surface area contributed by atoms with E-state index < -0.39 is 0 Å². The second-order valence-corrected chi connectivity index (χ2v) is 7.05. The molecule has 3 rings (SSSR count). The normalized spacial score (nSPS) is 18.6. The monoisotopic (exact) mass is 344 g/mol. The number of carbonyl (C=O) groups excluding carboxylic acids is 2. The Morgan fingerprint density at radius 3 is 2.44 bits per heavy atom. The number of carbonyl (C=O) groups is 2. The van der Waals surface area contributed by atoms with Crippen LogP contribution in [0.15, 0.2) is 18.3 Å². The molecule has 136 valence electrons. The highest BCUT2D eigenvalue weighted by Gasteiger charge is 2.21. The average molecular weight is 344 g/mol. The number of anilines is 2. The van der Waals surface area contributed by atoms with Crippen LogP contribution >= 0.6 is 0 Å². The molecule has 2 N–H and O–H groups in total. The highest BCUT2D eigenvalue weighted by atomic mass is 16.2. The van der Waals surface area contributed by atoms with Gasteiger partial charge in [-0.1, -0.05) is 19.3 Å². The largest absolute Gasteiger partial charge is 0.357 e. The Labute approximate surface area is 149 Å². The van der Waals surface area contributed by atoms with Crippen LogP contribution in [-0.4, -0.2) is 36.4 Å². The van der Waals surface area contributed by atoms with Crippen molar-refractivity contribution in [2.24, 2.45) is 5.92 Å². The van der Waals surface area contributed by atoms with Crippen molar-refractivity contribution in [2.45, 2.75) is 51.4 Å². The molecule has 1 saturated carbocycles. The molecule has 0 spiro atoms. The molecule has 1 aliphatic carbocycles. The van der Waals surface area contributed by atoms with Crippen LogP contribution in [0.5, 0.6) is 0 Å².